The van der Waals surface area contributed by atoms with Gasteiger partial charge in [-0.1, -0.05) is 22.0 Å². The molecule has 0 spiro atoms. The first-order valence-electron chi connectivity index (χ1n) is 6.87. The van der Waals surface area contributed by atoms with Crippen molar-refractivity contribution < 1.29 is 9.59 Å². The second-order valence-corrected chi connectivity index (χ2v) is 6.11. The number of hydrogen-bond acceptors (Lipinski definition) is 2. The topological polar surface area (TPSA) is 40.6 Å². The molecule has 1 fully saturated rings. The molecule has 1 aromatic rings. The lowest BCUT2D eigenvalue weighted by Gasteiger charge is -2.20. The predicted octanol–water partition coefficient (Wildman–Crippen LogP) is 2.34. The van der Waals surface area contributed by atoms with E-state index in [0.29, 0.717) is 12.3 Å². The summed E-state index contributed by atoms with van der Waals surface area (Å²) in [4.78, 5) is 27.4. The first-order valence-corrected chi connectivity index (χ1v) is 7.99. The van der Waals surface area contributed by atoms with E-state index in [1.165, 1.54) is 5.56 Å². The van der Waals surface area contributed by atoms with Crippen molar-refractivity contribution in [2.75, 3.05) is 28.2 Å². The highest BCUT2D eigenvalue weighted by Crippen LogP contribution is 2.34. The third kappa shape index (κ3) is 2.24. The summed E-state index contributed by atoms with van der Waals surface area (Å²) in [5.41, 5.74) is 3.06. The monoisotopic (exact) mass is 336 g/mol. The molecule has 2 amide bonds. The number of alkyl halides is 1. The van der Waals surface area contributed by atoms with Crippen molar-refractivity contribution in [1.29, 1.82) is 0 Å². The summed E-state index contributed by atoms with van der Waals surface area (Å²) in [6, 6.07) is 6.03. The second-order valence-electron chi connectivity index (χ2n) is 5.46. The number of hydrogen-bond donors (Lipinski definition) is 0. The van der Waals surface area contributed by atoms with E-state index < -0.39 is 0 Å². The molecule has 0 radical (unpaired) electrons. The van der Waals surface area contributed by atoms with E-state index in [9.17, 15) is 9.59 Å². The lowest BCUT2D eigenvalue weighted by atomic mass is 10.1. The molecule has 1 unspecified atom stereocenters. The van der Waals surface area contributed by atoms with Crippen molar-refractivity contribution in [1.82, 2.24) is 0 Å². The molecular formula is C15H17BrN2O2. The van der Waals surface area contributed by atoms with Crippen molar-refractivity contribution in [3.05, 3.63) is 23.8 Å². The smallest absolute Gasteiger partial charge is 0.227 e. The van der Waals surface area contributed by atoms with Crippen molar-refractivity contribution in [3.8, 4) is 0 Å². The molecule has 0 bridgehead atoms. The Morgan fingerprint density at radius 2 is 2.25 bits per heavy atom. The molecule has 1 aromatic carbocycles. The Hall–Kier alpha value is -1.36. The van der Waals surface area contributed by atoms with E-state index in [1.54, 1.807) is 11.8 Å². The summed E-state index contributed by atoms with van der Waals surface area (Å²) in [7, 11) is 0. The molecule has 0 aliphatic carbocycles. The molecule has 1 saturated heterocycles. The van der Waals surface area contributed by atoms with Gasteiger partial charge in [-0.2, -0.15) is 0 Å². The molecule has 2 aliphatic heterocycles. The largest absolute Gasteiger partial charge is 0.312 e. The van der Waals surface area contributed by atoms with Crippen LogP contribution in [0.2, 0.25) is 0 Å². The Morgan fingerprint density at radius 1 is 1.45 bits per heavy atom. The summed E-state index contributed by atoms with van der Waals surface area (Å²) in [6.45, 7) is 3.08. The van der Waals surface area contributed by atoms with Crippen LogP contribution in [0.1, 0.15) is 18.9 Å². The van der Waals surface area contributed by atoms with Gasteiger partial charge in [0.15, 0.2) is 0 Å². The van der Waals surface area contributed by atoms with E-state index in [2.05, 4.69) is 15.9 Å². The average molecular weight is 337 g/mol. The third-order valence-corrected chi connectivity index (χ3v) is 5.00. The zero-order chi connectivity index (χ0) is 14.3. The molecule has 0 N–H and O–H groups in total. The van der Waals surface area contributed by atoms with Crippen molar-refractivity contribution >= 4 is 39.1 Å². The van der Waals surface area contributed by atoms with Crippen LogP contribution in [0.4, 0.5) is 11.4 Å². The van der Waals surface area contributed by atoms with Gasteiger partial charge in [-0.15, -0.1) is 0 Å². The zero-order valence-corrected chi connectivity index (χ0v) is 13.0. The Labute approximate surface area is 126 Å². The minimum absolute atomic E-state index is 0.0620. The molecule has 0 saturated carbocycles. The summed E-state index contributed by atoms with van der Waals surface area (Å²) >= 11 is 3.45. The van der Waals surface area contributed by atoms with Crippen LogP contribution in [-0.2, 0) is 16.0 Å². The maximum absolute atomic E-state index is 12.1. The van der Waals surface area contributed by atoms with E-state index >= 15 is 0 Å². The highest BCUT2D eigenvalue weighted by atomic mass is 79.9. The summed E-state index contributed by atoms with van der Waals surface area (Å²) in [6.07, 6.45) is 1.49. The summed E-state index contributed by atoms with van der Waals surface area (Å²) in [5, 5.41) is 0.847. The van der Waals surface area contributed by atoms with Gasteiger partial charge in [-0.05, 0) is 30.0 Å². The molecule has 1 atom stereocenters. The Balaban J connectivity index is 1.91. The van der Waals surface area contributed by atoms with Gasteiger partial charge in [0.1, 0.15) is 0 Å². The fraction of sp³-hybridized carbons (Fsp3) is 0.467. The number of halogens is 1. The van der Waals surface area contributed by atoms with Crippen LogP contribution in [0.15, 0.2) is 18.2 Å². The lowest BCUT2D eigenvalue weighted by molar-refractivity contribution is -0.117. The molecule has 4 nitrogen and oxygen atoms in total. The fourth-order valence-corrected chi connectivity index (χ4v) is 3.43. The van der Waals surface area contributed by atoms with E-state index in [4.69, 9.17) is 0 Å². The van der Waals surface area contributed by atoms with Gasteiger partial charge < -0.3 is 9.80 Å². The molecule has 20 heavy (non-hydrogen) atoms. The van der Waals surface area contributed by atoms with E-state index in [1.807, 2.05) is 23.1 Å². The van der Waals surface area contributed by atoms with Gasteiger partial charge in [-0.25, -0.2) is 0 Å². The van der Waals surface area contributed by atoms with Crippen molar-refractivity contribution in [3.63, 3.8) is 0 Å². The predicted molar refractivity (Wildman–Crippen MR) is 82.4 cm³/mol. The summed E-state index contributed by atoms with van der Waals surface area (Å²) < 4.78 is 0. The van der Waals surface area contributed by atoms with Gasteiger partial charge in [0, 0.05) is 43.1 Å². The zero-order valence-electron chi connectivity index (χ0n) is 11.4. The minimum atomic E-state index is 0.0620. The summed E-state index contributed by atoms with van der Waals surface area (Å²) in [5.74, 6) is 0.605. The van der Waals surface area contributed by atoms with Gasteiger partial charge >= 0.3 is 0 Å². The number of benzene rings is 1. The van der Waals surface area contributed by atoms with Crippen LogP contribution in [0.3, 0.4) is 0 Å². The van der Waals surface area contributed by atoms with Crippen molar-refractivity contribution in [2.24, 2.45) is 5.92 Å². The Kier molecular flexibility index (Phi) is 3.54. The molecule has 2 aliphatic rings. The third-order valence-electron chi connectivity index (χ3n) is 4.08. The van der Waals surface area contributed by atoms with Gasteiger partial charge in [0.2, 0.25) is 11.8 Å². The Morgan fingerprint density at radius 3 is 2.90 bits per heavy atom. The molecule has 0 aromatic heterocycles. The SMILES string of the molecule is CC(=O)N1CCc2ccc(N3CC(CBr)CC3=O)cc21. The number of anilines is 2. The maximum atomic E-state index is 12.1. The molecule has 5 heteroatoms. The molecular weight excluding hydrogens is 320 g/mol. The quantitative estimate of drug-likeness (QED) is 0.778. The first kappa shape index (κ1) is 13.6. The normalized spacial score (nSPS) is 21.5. The number of amides is 2. The van der Waals surface area contributed by atoms with Crippen LogP contribution in [0.25, 0.3) is 0 Å². The van der Waals surface area contributed by atoms with Gasteiger partial charge in [-0.3, -0.25) is 9.59 Å². The maximum Gasteiger partial charge on any atom is 0.227 e. The van der Waals surface area contributed by atoms with Gasteiger partial charge in [0.05, 0.1) is 0 Å². The van der Waals surface area contributed by atoms with Crippen LogP contribution in [0.5, 0.6) is 0 Å². The lowest BCUT2D eigenvalue weighted by Crippen LogP contribution is -2.27. The molecule has 2 heterocycles. The van der Waals surface area contributed by atoms with Crippen LogP contribution < -0.4 is 9.80 Å². The molecule has 3 rings (SSSR count). The fourth-order valence-electron chi connectivity index (χ4n) is 3.00. The van der Waals surface area contributed by atoms with E-state index in [0.717, 1.165) is 36.2 Å². The number of carbonyl (C=O) groups is 2. The second kappa shape index (κ2) is 5.20. The average Bonchev–Trinajstić information content (AvgIpc) is 3.01. The van der Waals surface area contributed by atoms with Crippen LogP contribution >= 0.6 is 15.9 Å². The van der Waals surface area contributed by atoms with Crippen molar-refractivity contribution in [2.45, 2.75) is 19.8 Å². The van der Waals surface area contributed by atoms with E-state index in [-0.39, 0.29) is 11.8 Å². The van der Waals surface area contributed by atoms with Crippen LogP contribution in [0, 0.1) is 5.92 Å². The molecule has 106 valence electrons. The van der Waals surface area contributed by atoms with Crippen LogP contribution in [-0.4, -0.2) is 30.2 Å². The number of fused-ring (bicyclic) bond motifs is 1. The standard InChI is InChI=1S/C15H17BrN2O2/c1-10(19)17-5-4-12-2-3-13(7-14(12)17)18-9-11(8-16)6-15(18)20/h2-3,7,11H,4-6,8-9H2,1H3. The highest BCUT2D eigenvalue weighted by Gasteiger charge is 2.31. The number of rotatable bonds is 2. The van der Waals surface area contributed by atoms with Gasteiger partial charge in [0.25, 0.3) is 0 Å². The number of nitrogens with zero attached hydrogens (tertiary/aromatic N) is 2. The Bertz CT molecular complexity index is 573. The first-order chi connectivity index (χ1) is 9.60. The minimum Gasteiger partial charge on any atom is -0.312 e. The highest BCUT2D eigenvalue weighted by molar-refractivity contribution is 9.09. The number of carbonyl (C=O) groups excluding carboxylic acids is 2.